The summed E-state index contributed by atoms with van der Waals surface area (Å²) < 4.78 is 0. The summed E-state index contributed by atoms with van der Waals surface area (Å²) in [6.07, 6.45) is 0.817. The third kappa shape index (κ3) is 6.24. The Hall–Kier alpha value is -4.85. The average Bonchev–Trinajstić information content (AvgIpc) is 2.98. The van der Waals surface area contributed by atoms with E-state index < -0.39 is 73.5 Å². The maximum Gasteiger partial charge on any atom is 0.305 e. The molecule has 1 aliphatic heterocycles. The summed E-state index contributed by atoms with van der Waals surface area (Å²) in [6, 6.07) is 5.78. The summed E-state index contributed by atoms with van der Waals surface area (Å²) >= 11 is 0. The van der Waals surface area contributed by atoms with Crippen molar-refractivity contribution in [2.24, 2.45) is 0 Å². The quantitative estimate of drug-likeness (QED) is 0.243. The lowest BCUT2D eigenvalue weighted by Gasteiger charge is -2.25. The van der Waals surface area contributed by atoms with Gasteiger partial charge in [0.25, 0.3) is 17.7 Å². The van der Waals surface area contributed by atoms with Crippen molar-refractivity contribution in [3.05, 3.63) is 48.3 Å². The molecule has 14 nitrogen and oxygen atoms in total. The number of aliphatic hydroxyl groups excluding tert-OH is 1. The topological polar surface area (TPSA) is 207 Å². The number of aromatic hydroxyl groups is 1. The Morgan fingerprint density at radius 2 is 1.84 bits per heavy atom. The van der Waals surface area contributed by atoms with Gasteiger partial charge in [0.05, 0.1) is 30.4 Å². The summed E-state index contributed by atoms with van der Waals surface area (Å²) in [5.41, 5.74) is -0.149. The summed E-state index contributed by atoms with van der Waals surface area (Å²) in [5, 5.41) is 33.0. The number of carboxylic acids is 1. The van der Waals surface area contributed by atoms with Crippen LogP contribution in [0.2, 0.25) is 0 Å². The van der Waals surface area contributed by atoms with Gasteiger partial charge in [0.15, 0.2) is 5.69 Å². The van der Waals surface area contributed by atoms with Gasteiger partial charge >= 0.3 is 5.97 Å². The number of para-hydroxylation sites is 2. The number of carbonyl (C=O) groups excluding carboxylic acids is 5. The monoisotopic (exact) mass is 513 g/mol. The van der Waals surface area contributed by atoms with Gasteiger partial charge in [-0.3, -0.25) is 28.9 Å². The SMILES string of the molecule is O=C[C@H](CC(=O)O)NC(=O)CN1C(=O)[C@@H](NC(=O)c2ncccc2O)CN(C(=O)CO)c2ccccc21. The Kier molecular flexibility index (Phi) is 8.47. The van der Waals surface area contributed by atoms with Gasteiger partial charge in [-0.05, 0) is 24.3 Å². The highest BCUT2D eigenvalue weighted by molar-refractivity contribution is 6.11. The van der Waals surface area contributed by atoms with Gasteiger partial charge in [0.2, 0.25) is 5.91 Å². The lowest BCUT2D eigenvalue weighted by Crippen LogP contribution is -2.55. The zero-order chi connectivity index (χ0) is 27.1. The standard InChI is InChI=1S/C23H23N5O9/c29-11-13(8-20(34)35)25-18(32)10-28-16-5-2-1-4-15(16)27(19(33)12-30)9-14(23(28)37)26-22(36)21-17(31)6-3-7-24-21/h1-7,11,13-14,30-31H,8-10,12H2,(H,25,32)(H,26,36)(H,34,35)/t13-,14-/m0/s1. The van der Waals surface area contributed by atoms with Gasteiger partial charge in [0, 0.05) is 6.20 Å². The minimum Gasteiger partial charge on any atom is -0.505 e. The Morgan fingerprint density at radius 3 is 2.46 bits per heavy atom. The lowest BCUT2D eigenvalue weighted by atomic mass is 10.2. The molecule has 0 saturated carbocycles. The van der Waals surface area contributed by atoms with E-state index in [1.54, 1.807) is 6.07 Å². The molecule has 0 bridgehead atoms. The van der Waals surface area contributed by atoms with Crippen molar-refractivity contribution in [1.29, 1.82) is 0 Å². The molecule has 0 unspecified atom stereocenters. The Bertz CT molecular complexity index is 1230. The van der Waals surface area contributed by atoms with Crippen LogP contribution in [0.15, 0.2) is 42.6 Å². The fraction of sp³-hybridized carbons (Fsp3) is 0.261. The number of fused-ring (bicyclic) bond motifs is 1. The second kappa shape index (κ2) is 11.7. The zero-order valence-electron chi connectivity index (χ0n) is 19.2. The number of anilines is 2. The van der Waals surface area contributed by atoms with Crippen molar-refractivity contribution >= 4 is 47.3 Å². The zero-order valence-corrected chi connectivity index (χ0v) is 19.2. The smallest absolute Gasteiger partial charge is 0.305 e. The molecule has 0 aliphatic carbocycles. The number of benzene rings is 1. The van der Waals surface area contributed by atoms with Crippen LogP contribution in [0.25, 0.3) is 0 Å². The van der Waals surface area contributed by atoms with Crippen LogP contribution in [0.1, 0.15) is 16.9 Å². The van der Waals surface area contributed by atoms with Crippen LogP contribution >= 0.6 is 0 Å². The number of hydrogen-bond donors (Lipinski definition) is 5. The number of hydrogen-bond acceptors (Lipinski definition) is 9. The largest absolute Gasteiger partial charge is 0.505 e. The van der Waals surface area contributed by atoms with Crippen LogP contribution in [0.5, 0.6) is 5.75 Å². The predicted molar refractivity (Wildman–Crippen MR) is 126 cm³/mol. The molecule has 0 fully saturated rings. The van der Waals surface area contributed by atoms with E-state index in [0.29, 0.717) is 0 Å². The first kappa shape index (κ1) is 26.7. The highest BCUT2D eigenvalue weighted by atomic mass is 16.4. The second-order valence-electron chi connectivity index (χ2n) is 7.88. The molecule has 0 spiro atoms. The second-order valence-corrected chi connectivity index (χ2v) is 7.88. The summed E-state index contributed by atoms with van der Waals surface area (Å²) in [5.74, 6) is -5.23. The first-order chi connectivity index (χ1) is 17.7. The molecule has 14 heteroatoms. The van der Waals surface area contributed by atoms with Crippen molar-refractivity contribution in [3.63, 3.8) is 0 Å². The molecule has 4 amide bonds. The third-order valence-corrected chi connectivity index (χ3v) is 5.34. The van der Waals surface area contributed by atoms with Crippen LogP contribution in [0.3, 0.4) is 0 Å². The highest BCUT2D eigenvalue weighted by Crippen LogP contribution is 2.33. The summed E-state index contributed by atoms with van der Waals surface area (Å²) in [7, 11) is 0. The Labute approximate surface area is 209 Å². The number of aldehydes is 1. The normalized spacial score (nSPS) is 15.7. The highest BCUT2D eigenvalue weighted by Gasteiger charge is 2.38. The number of aromatic nitrogens is 1. The molecular weight excluding hydrogens is 490 g/mol. The molecule has 2 heterocycles. The number of carboxylic acid groups (broad SMARTS) is 1. The molecule has 0 saturated heterocycles. The van der Waals surface area contributed by atoms with Crippen molar-refractivity contribution in [2.45, 2.75) is 18.5 Å². The average molecular weight is 513 g/mol. The van der Waals surface area contributed by atoms with Gasteiger partial charge in [-0.25, -0.2) is 4.98 Å². The van der Waals surface area contributed by atoms with E-state index >= 15 is 0 Å². The summed E-state index contributed by atoms with van der Waals surface area (Å²) in [4.78, 5) is 79.5. The number of aliphatic carboxylic acids is 1. The van der Waals surface area contributed by atoms with Gasteiger partial charge < -0.3 is 35.6 Å². The van der Waals surface area contributed by atoms with Crippen LogP contribution in [0.4, 0.5) is 11.4 Å². The van der Waals surface area contributed by atoms with E-state index in [1.807, 2.05) is 0 Å². The molecule has 5 N–H and O–H groups in total. The molecule has 194 valence electrons. The number of aliphatic hydroxyl groups is 1. The van der Waals surface area contributed by atoms with Crippen molar-refractivity contribution in [3.8, 4) is 5.75 Å². The molecule has 1 aliphatic rings. The molecule has 2 aromatic rings. The number of nitrogens with zero attached hydrogens (tertiary/aromatic N) is 3. The molecule has 3 rings (SSSR count). The maximum atomic E-state index is 13.6. The van der Waals surface area contributed by atoms with E-state index in [4.69, 9.17) is 5.11 Å². The third-order valence-electron chi connectivity index (χ3n) is 5.34. The number of rotatable bonds is 9. The van der Waals surface area contributed by atoms with E-state index in [2.05, 4.69) is 15.6 Å². The number of amides is 4. The van der Waals surface area contributed by atoms with Crippen LogP contribution in [0, 0.1) is 0 Å². The maximum absolute atomic E-state index is 13.6. The number of carbonyl (C=O) groups is 6. The first-order valence-electron chi connectivity index (χ1n) is 10.9. The lowest BCUT2D eigenvalue weighted by molar-refractivity contribution is -0.139. The fourth-order valence-corrected chi connectivity index (χ4v) is 3.69. The molecule has 1 aromatic heterocycles. The van der Waals surface area contributed by atoms with Crippen LogP contribution in [-0.2, 0) is 24.0 Å². The summed E-state index contributed by atoms with van der Waals surface area (Å²) in [6.45, 7) is -2.04. The minimum atomic E-state index is -1.45. The van der Waals surface area contributed by atoms with Crippen LogP contribution in [-0.4, -0.2) is 88.0 Å². The number of nitrogens with one attached hydrogen (secondary N) is 2. The van der Waals surface area contributed by atoms with E-state index in [0.717, 1.165) is 9.80 Å². The molecule has 0 radical (unpaired) electrons. The molecular formula is C23H23N5O9. The first-order valence-corrected chi connectivity index (χ1v) is 10.9. The van der Waals surface area contributed by atoms with Gasteiger partial charge in [-0.2, -0.15) is 0 Å². The fourth-order valence-electron chi connectivity index (χ4n) is 3.69. The van der Waals surface area contributed by atoms with Gasteiger partial charge in [-0.15, -0.1) is 0 Å². The molecule has 1 aromatic carbocycles. The Balaban J connectivity index is 1.97. The van der Waals surface area contributed by atoms with Crippen molar-refractivity contribution in [2.75, 3.05) is 29.5 Å². The molecule has 2 atom stereocenters. The van der Waals surface area contributed by atoms with Crippen molar-refractivity contribution in [1.82, 2.24) is 15.6 Å². The molecule has 37 heavy (non-hydrogen) atoms. The van der Waals surface area contributed by atoms with E-state index in [1.165, 1.54) is 36.5 Å². The van der Waals surface area contributed by atoms with Crippen molar-refractivity contribution < 1.29 is 44.1 Å². The van der Waals surface area contributed by atoms with E-state index in [9.17, 15) is 39.0 Å². The number of pyridine rings is 1. The Morgan fingerprint density at radius 1 is 1.14 bits per heavy atom. The van der Waals surface area contributed by atoms with Gasteiger partial charge in [0.1, 0.15) is 31.2 Å². The van der Waals surface area contributed by atoms with Gasteiger partial charge in [-0.1, -0.05) is 12.1 Å². The predicted octanol–water partition coefficient (Wildman–Crippen LogP) is -1.58. The van der Waals surface area contributed by atoms with E-state index in [-0.39, 0.29) is 23.4 Å². The van der Waals surface area contributed by atoms with Crippen LogP contribution < -0.4 is 20.4 Å². The minimum absolute atomic E-state index is 0.0859.